The van der Waals surface area contributed by atoms with E-state index in [0.717, 1.165) is 4.47 Å². The van der Waals surface area contributed by atoms with Crippen LogP contribution in [0.3, 0.4) is 0 Å². The predicted molar refractivity (Wildman–Crippen MR) is 63.4 cm³/mol. The van der Waals surface area contributed by atoms with Crippen LogP contribution in [0.15, 0.2) is 41.0 Å². The van der Waals surface area contributed by atoms with Crippen molar-refractivity contribution in [2.24, 2.45) is 0 Å². The molecule has 0 bridgehead atoms. The van der Waals surface area contributed by atoms with Crippen LogP contribution in [0.5, 0.6) is 0 Å². The van der Waals surface area contributed by atoms with Gasteiger partial charge in [0, 0.05) is 16.2 Å². The van der Waals surface area contributed by atoms with Gasteiger partial charge in [0.25, 0.3) is 0 Å². The SMILES string of the molecule is O=C(c1ccc[nH]1)c1ccc(Br)cc1Cl. The van der Waals surface area contributed by atoms with E-state index >= 15 is 0 Å². The van der Waals surface area contributed by atoms with Crippen molar-refractivity contribution in [2.45, 2.75) is 0 Å². The van der Waals surface area contributed by atoms with E-state index in [4.69, 9.17) is 11.6 Å². The maximum atomic E-state index is 11.9. The highest BCUT2D eigenvalue weighted by Gasteiger charge is 2.13. The molecule has 0 amide bonds. The van der Waals surface area contributed by atoms with Crippen LogP contribution >= 0.6 is 27.5 Å². The van der Waals surface area contributed by atoms with Crippen LogP contribution in [0.25, 0.3) is 0 Å². The summed E-state index contributed by atoms with van der Waals surface area (Å²) in [7, 11) is 0. The Morgan fingerprint density at radius 2 is 2.13 bits per heavy atom. The first-order valence-corrected chi connectivity index (χ1v) is 5.49. The molecule has 15 heavy (non-hydrogen) atoms. The Morgan fingerprint density at radius 1 is 1.33 bits per heavy atom. The third kappa shape index (κ3) is 2.13. The summed E-state index contributed by atoms with van der Waals surface area (Å²) in [6.07, 6.45) is 1.71. The zero-order valence-electron chi connectivity index (χ0n) is 7.63. The summed E-state index contributed by atoms with van der Waals surface area (Å²) in [6, 6.07) is 8.70. The number of aromatic amines is 1. The Balaban J connectivity index is 2.42. The Morgan fingerprint density at radius 3 is 2.73 bits per heavy atom. The largest absolute Gasteiger partial charge is 0.359 e. The molecule has 0 saturated heterocycles. The first-order valence-electron chi connectivity index (χ1n) is 4.31. The van der Waals surface area contributed by atoms with Crippen molar-refractivity contribution in [3.05, 3.63) is 57.3 Å². The quantitative estimate of drug-likeness (QED) is 0.839. The van der Waals surface area contributed by atoms with Crippen molar-refractivity contribution in [1.29, 1.82) is 0 Å². The van der Waals surface area contributed by atoms with Crippen LogP contribution in [-0.4, -0.2) is 10.8 Å². The molecule has 4 heteroatoms. The Bertz CT molecular complexity index is 493. The van der Waals surface area contributed by atoms with Crippen LogP contribution in [0.1, 0.15) is 16.1 Å². The van der Waals surface area contributed by atoms with E-state index in [-0.39, 0.29) is 5.78 Å². The summed E-state index contributed by atoms with van der Waals surface area (Å²) >= 11 is 9.27. The lowest BCUT2D eigenvalue weighted by Crippen LogP contribution is -2.02. The topological polar surface area (TPSA) is 32.9 Å². The number of hydrogen-bond donors (Lipinski definition) is 1. The molecule has 2 aromatic rings. The van der Waals surface area contributed by atoms with Gasteiger partial charge >= 0.3 is 0 Å². The number of ketones is 1. The molecule has 0 spiro atoms. The summed E-state index contributed by atoms with van der Waals surface area (Å²) in [4.78, 5) is 14.8. The molecule has 0 aliphatic heterocycles. The number of aromatic nitrogens is 1. The van der Waals surface area contributed by atoms with E-state index in [9.17, 15) is 4.79 Å². The van der Waals surface area contributed by atoms with Gasteiger partial charge in [0.2, 0.25) is 5.78 Å². The highest BCUT2D eigenvalue weighted by atomic mass is 79.9. The molecule has 1 heterocycles. The van der Waals surface area contributed by atoms with Crippen LogP contribution in [0.4, 0.5) is 0 Å². The number of carbonyl (C=O) groups is 1. The molecule has 0 saturated carbocycles. The summed E-state index contributed by atoms with van der Waals surface area (Å²) in [5.74, 6) is -0.0995. The van der Waals surface area contributed by atoms with Crippen molar-refractivity contribution in [1.82, 2.24) is 4.98 Å². The maximum Gasteiger partial charge on any atom is 0.210 e. The van der Waals surface area contributed by atoms with E-state index in [2.05, 4.69) is 20.9 Å². The van der Waals surface area contributed by atoms with Gasteiger partial charge in [-0.25, -0.2) is 0 Å². The molecule has 0 radical (unpaired) electrons. The van der Waals surface area contributed by atoms with Crippen LogP contribution < -0.4 is 0 Å². The van der Waals surface area contributed by atoms with Gasteiger partial charge in [0.05, 0.1) is 10.7 Å². The van der Waals surface area contributed by atoms with Crippen molar-refractivity contribution in [3.63, 3.8) is 0 Å². The Kier molecular flexibility index (Phi) is 2.93. The summed E-state index contributed by atoms with van der Waals surface area (Å²) in [5.41, 5.74) is 1.04. The number of benzene rings is 1. The number of hydrogen-bond acceptors (Lipinski definition) is 1. The Hall–Kier alpha value is -1.06. The molecule has 0 aliphatic rings. The van der Waals surface area contributed by atoms with Gasteiger partial charge in [-0.2, -0.15) is 0 Å². The molecule has 2 nitrogen and oxygen atoms in total. The Labute approximate surface area is 100 Å². The molecular weight excluding hydrogens is 277 g/mol. The molecule has 1 aromatic carbocycles. The van der Waals surface area contributed by atoms with Crippen molar-refractivity contribution < 1.29 is 4.79 Å². The molecule has 1 N–H and O–H groups in total. The molecule has 1 aromatic heterocycles. The van der Waals surface area contributed by atoms with Gasteiger partial charge in [-0.3, -0.25) is 4.79 Å². The number of rotatable bonds is 2. The standard InChI is InChI=1S/C11H7BrClNO/c12-7-3-4-8(9(13)6-7)11(15)10-2-1-5-14-10/h1-6,14H. The fourth-order valence-electron chi connectivity index (χ4n) is 1.29. The summed E-state index contributed by atoms with van der Waals surface area (Å²) in [5, 5.41) is 0.448. The number of nitrogens with one attached hydrogen (secondary N) is 1. The van der Waals surface area contributed by atoms with E-state index in [0.29, 0.717) is 16.3 Å². The average molecular weight is 285 g/mol. The van der Waals surface area contributed by atoms with E-state index in [1.165, 1.54) is 0 Å². The minimum Gasteiger partial charge on any atom is -0.359 e. The number of H-pyrrole nitrogens is 1. The fourth-order valence-corrected chi connectivity index (χ4v) is 2.05. The van der Waals surface area contributed by atoms with Crippen molar-refractivity contribution >= 4 is 33.3 Å². The lowest BCUT2D eigenvalue weighted by atomic mass is 10.1. The molecular formula is C11H7BrClNO. The average Bonchev–Trinajstić information content (AvgIpc) is 2.69. The fraction of sp³-hybridized carbons (Fsp3) is 0. The smallest absolute Gasteiger partial charge is 0.210 e. The molecule has 76 valence electrons. The molecule has 0 aliphatic carbocycles. The number of carbonyl (C=O) groups excluding carboxylic acids is 1. The second-order valence-electron chi connectivity index (χ2n) is 3.04. The lowest BCUT2D eigenvalue weighted by molar-refractivity contribution is 0.103. The maximum absolute atomic E-state index is 11.9. The summed E-state index contributed by atoms with van der Waals surface area (Å²) in [6.45, 7) is 0. The minimum absolute atomic E-state index is 0.0995. The van der Waals surface area contributed by atoms with Gasteiger partial charge in [0.15, 0.2) is 0 Å². The van der Waals surface area contributed by atoms with E-state index in [1.54, 1.807) is 36.5 Å². The molecule has 2 rings (SSSR count). The van der Waals surface area contributed by atoms with Gasteiger partial charge < -0.3 is 4.98 Å². The van der Waals surface area contributed by atoms with Gasteiger partial charge in [-0.15, -0.1) is 0 Å². The highest BCUT2D eigenvalue weighted by molar-refractivity contribution is 9.10. The van der Waals surface area contributed by atoms with Crippen LogP contribution in [-0.2, 0) is 0 Å². The van der Waals surface area contributed by atoms with Crippen LogP contribution in [0.2, 0.25) is 5.02 Å². The highest BCUT2D eigenvalue weighted by Crippen LogP contribution is 2.23. The second-order valence-corrected chi connectivity index (χ2v) is 4.36. The zero-order valence-corrected chi connectivity index (χ0v) is 9.97. The van der Waals surface area contributed by atoms with Crippen molar-refractivity contribution in [3.8, 4) is 0 Å². The van der Waals surface area contributed by atoms with Gasteiger partial charge in [-0.05, 0) is 30.3 Å². The van der Waals surface area contributed by atoms with E-state index < -0.39 is 0 Å². The van der Waals surface area contributed by atoms with Gasteiger partial charge in [-0.1, -0.05) is 27.5 Å². The third-order valence-corrected chi connectivity index (χ3v) is 2.82. The summed E-state index contributed by atoms with van der Waals surface area (Å²) < 4.78 is 0.857. The molecule has 0 atom stereocenters. The van der Waals surface area contributed by atoms with Crippen LogP contribution in [0, 0.1) is 0 Å². The van der Waals surface area contributed by atoms with E-state index in [1.807, 2.05) is 0 Å². The minimum atomic E-state index is -0.0995. The first kappa shape index (κ1) is 10.5. The van der Waals surface area contributed by atoms with Crippen molar-refractivity contribution in [2.75, 3.05) is 0 Å². The second kappa shape index (κ2) is 4.21. The molecule has 0 fully saturated rings. The third-order valence-electron chi connectivity index (χ3n) is 2.02. The zero-order chi connectivity index (χ0) is 10.8. The predicted octanol–water partition coefficient (Wildman–Crippen LogP) is 3.66. The monoisotopic (exact) mass is 283 g/mol. The molecule has 0 unspecified atom stereocenters. The number of halogens is 2. The van der Waals surface area contributed by atoms with Gasteiger partial charge in [0.1, 0.15) is 0 Å². The lowest BCUT2D eigenvalue weighted by Gasteiger charge is -2.02. The first-order chi connectivity index (χ1) is 7.18. The normalized spacial score (nSPS) is 10.3.